The average Bonchev–Trinajstić information content (AvgIpc) is 2.37. The molecular weight excluding hydrogens is 352 g/mol. The highest BCUT2D eigenvalue weighted by Gasteiger charge is 2.24. The van der Waals surface area contributed by atoms with Gasteiger partial charge in [-0.2, -0.15) is 0 Å². The molecule has 0 fully saturated rings. The Hall–Kier alpha value is -1.47. The van der Waals surface area contributed by atoms with E-state index in [2.05, 4.69) is 15.9 Å². The molecule has 0 aliphatic rings. The zero-order chi connectivity index (χ0) is 14.9. The smallest absolute Gasteiger partial charge is 0.265 e. The number of sulfonamides is 1. The van der Waals surface area contributed by atoms with Gasteiger partial charge in [0.25, 0.3) is 10.0 Å². The van der Waals surface area contributed by atoms with Gasteiger partial charge in [0.1, 0.15) is 16.5 Å². The molecule has 0 aliphatic heterocycles. The summed E-state index contributed by atoms with van der Waals surface area (Å²) in [6, 6.07) is 8.48. The van der Waals surface area contributed by atoms with Gasteiger partial charge in [-0.1, -0.05) is 6.07 Å². The summed E-state index contributed by atoms with van der Waals surface area (Å²) in [6.07, 6.45) is 0. The van der Waals surface area contributed by atoms with Crippen LogP contribution >= 0.6 is 15.9 Å². The summed E-state index contributed by atoms with van der Waals surface area (Å²) in [6.45, 7) is 0. The van der Waals surface area contributed by atoms with Crippen LogP contribution in [0.3, 0.4) is 0 Å². The second kappa shape index (κ2) is 5.49. The fourth-order valence-corrected chi connectivity index (χ4v) is 3.84. The van der Waals surface area contributed by atoms with Crippen molar-refractivity contribution in [3.8, 4) is 0 Å². The average molecular weight is 362 g/mol. The Labute approximate surface area is 124 Å². The number of anilines is 1. The molecule has 0 N–H and O–H groups in total. The summed E-state index contributed by atoms with van der Waals surface area (Å²) < 4.78 is 52.1. The lowest BCUT2D eigenvalue weighted by Gasteiger charge is -2.20. The largest absolute Gasteiger partial charge is 0.269 e. The van der Waals surface area contributed by atoms with Crippen molar-refractivity contribution >= 4 is 31.6 Å². The highest BCUT2D eigenvalue weighted by Crippen LogP contribution is 2.28. The van der Waals surface area contributed by atoms with Crippen LogP contribution in [-0.2, 0) is 10.0 Å². The van der Waals surface area contributed by atoms with Crippen LogP contribution in [0.2, 0.25) is 0 Å². The first-order valence-corrected chi connectivity index (χ1v) is 7.75. The zero-order valence-electron chi connectivity index (χ0n) is 10.3. The minimum Gasteiger partial charge on any atom is -0.269 e. The maximum Gasteiger partial charge on any atom is 0.265 e. The normalized spacial score (nSPS) is 11.4. The Bertz CT molecular complexity index is 750. The second-order valence-electron chi connectivity index (χ2n) is 4.03. The number of rotatable bonds is 3. The van der Waals surface area contributed by atoms with Gasteiger partial charge in [-0.3, -0.25) is 4.31 Å². The molecule has 0 saturated carbocycles. The minimum atomic E-state index is -3.90. The fourth-order valence-electron chi connectivity index (χ4n) is 1.64. The van der Waals surface area contributed by atoms with Crippen LogP contribution in [0, 0.1) is 11.6 Å². The van der Waals surface area contributed by atoms with Crippen molar-refractivity contribution in [1.82, 2.24) is 0 Å². The number of nitrogens with zero attached hydrogens (tertiary/aromatic N) is 1. The van der Waals surface area contributed by atoms with Gasteiger partial charge >= 0.3 is 0 Å². The predicted molar refractivity (Wildman–Crippen MR) is 76.1 cm³/mol. The molecule has 2 aromatic rings. The standard InChI is InChI=1S/C13H10BrF2NO2S/c1-17(11-4-2-3-9(15)7-11)20(18,19)13-6-5-10(16)8-12(13)14/h2-8H,1H3. The number of hydrogen-bond donors (Lipinski definition) is 0. The molecular formula is C13H10BrF2NO2S. The van der Waals surface area contributed by atoms with Gasteiger partial charge < -0.3 is 0 Å². The van der Waals surface area contributed by atoms with Gasteiger partial charge in [0.05, 0.1) is 5.69 Å². The van der Waals surface area contributed by atoms with Crippen molar-refractivity contribution in [2.24, 2.45) is 0 Å². The van der Waals surface area contributed by atoms with E-state index < -0.39 is 21.7 Å². The van der Waals surface area contributed by atoms with Crippen LogP contribution in [0.15, 0.2) is 51.8 Å². The lowest BCUT2D eigenvalue weighted by molar-refractivity contribution is 0.592. The molecule has 7 heteroatoms. The third kappa shape index (κ3) is 2.83. The Balaban J connectivity index is 2.49. The number of benzene rings is 2. The fraction of sp³-hybridized carbons (Fsp3) is 0.0769. The lowest BCUT2D eigenvalue weighted by Crippen LogP contribution is -2.27. The van der Waals surface area contributed by atoms with Gasteiger partial charge in [0.15, 0.2) is 0 Å². The molecule has 3 nitrogen and oxygen atoms in total. The van der Waals surface area contributed by atoms with Gasteiger partial charge in [-0.15, -0.1) is 0 Å². The Morgan fingerprint density at radius 2 is 1.70 bits per heavy atom. The number of halogens is 3. The van der Waals surface area contributed by atoms with Crippen LogP contribution in [0.4, 0.5) is 14.5 Å². The molecule has 2 aromatic carbocycles. The molecule has 0 amide bonds. The summed E-state index contributed by atoms with van der Waals surface area (Å²) in [4.78, 5) is -0.0920. The third-order valence-corrected chi connectivity index (χ3v) is 5.47. The summed E-state index contributed by atoms with van der Waals surface area (Å²) >= 11 is 3.02. The van der Waals surface area contributed by atoms with E-state index in [1.807, 2.05) is 0 Å². The van der Waals surface area contributed by atoms with E-state index in [1.165, 1.54) is 25.2 Å². The maximum atomic E-state index is 13.2. The summed E-state index contributed by atoms with van der Waals surface area (Å²) in [5, 5.41) is 0. The van der Waals surface area contributed by atoms with Gasteiger partial charge in [0.2, 0.25) is 0 Å². The molecule has 0 bridgehead atoms. The Kier molecular flexibility index (Phi) is 4.10. The van der Waals surface area contributed by atoms with Crippen LogP contribution in [-0.4, -0.2) is 15.5 Å². The zero-order valence-corrected chi connectivity index (χ0v) is 12.7. The molecule has 0 spiro atoms. The SMILES string of the molecule is CN(c1cccc(F)c1)S(=O)(=O)c1ccc(F)cc1Br. The summed E-state index contributed by atoms with van der Waals surface area (Å²) in [5.41, 5.74) is 0.182. The molecule has 106 valence electrons. The van der Waals surface area contributed by atoms with Crippen molar-refractivity contribution in [3.63, 3.8) is 0 Å². The van der Waals surface area contributed by atoms with Crippen molar-refractivity contribution in [3.05, 3.63) is 58.6 Å². The van der Waals surface area contributed by atoms with Crippen molar-refractivity contribution in [2.45, 2.75) is 4.90 Å². The van der Waals surface area contributed by atoms with Gasteiger partial charge in [-0.25, -0.2) is 17.2 Å². The second-order valence-corrected chi connectivity index (χ2v) is 6.82. The molecule has 0 atom stereocenters. The summed E-state index contributed by atoms with van der Waals surface area (Å²) in [5.74, 6) is -1.09. The molecule has 0 unspecified atom stereocenters. The van der Waals surface area contributed by atoms with E-state index >= 15 is 0 Å². The molecule has 0 aromatic heterocycles. The molecule has 0 saturated heterocycles. The first kappa shape index (κ1) is 14.9. The molecule has 20 heavy (non-hydrogen) atoms. The van der Waals surface area contributed by atoms with E-state index in [-0.39, 0.29) is 15.1 Å². The van der Waals surface area contributed by atoms with Crippen LogP contribution < -0.4 is 4.31 Å². The first-order chi connectivity index (χ1) is 9.32. The third-order valence-electron chi connectivity index (χ3n) is 2.70. The van der Waals surface area contributed by atoms with Crippen LogP contribution in [0.25, 0.3) is 0 Å². The summed E-state index contributed by atoms with van der Waals surface area (Å²) in [7, 11) is -2.60. The van der Waals surface area contributed by atoms with Gasteiger partial charge in [0, 0.05) is 11.5 Å². The van der Waals surface area contributed by atoms with Crippen LogP contribution in [0.1, 0.15) is 0 Å². The monoisotopic (exact) mass is 361 g/mol. The van der Waals surface area contributed by atoms with E-state index in [9.17, 15) is 17.2 Å². The van der Waals surface area contributed by atoms with Crippen molar-refractivity contribution < 1.29 is 17.2 Å². The molecule has 0 aliphatic carbocycles. The topological polar surface area (TPSA) is 37.4 Å². The van der Waals surface area contributed by atoms with Gasteiger partial charge in [-0.05, 0) is 52.3 Å². The number of hydrogen-bond acceptors (Lipinski definition) is 2. The predicted octanol–water partition coefficient (Wildman–Crippen LogP) is 3.55. The van der Waals surface area contributed by atoms with Crippen molar-refractivity contribution in [2.75, 3.05) is 11.4 Å². The first-order valence-electron chi connectivity index (χ1n) is 5.52. The molecule has 2 rings (SSSR count). The van der Waals surface area contributed by atoms with Crippen LogP contribution in [0.5, 0.6) is 0 Å². The van der Waals surface area contributed by atoms with E-state index in [0.717, 1.165) is 28.6 Å². The van der Waals surface area contributed by atoms with E-state index in [0.29, 0.717) is 0 Å². The highest BCUT2D eigenvalue weighted by molar-refractivity contribution is 9.10. The van der Waals surface area contributed by atoms with E-state index in [1.54, 1.807) is 0 Å². The Morgan fingerprint density at radius 3 is 2.30 bits per heavy atom. The molecule has 0 heterocycles. The highest BCUT2D eigenvalue weighted by atomic mass is 79.9. The minimum absolute atomic E-state index is 0.0920. The van der Waals surface area contributed by atoms with E-state index in [4.69, 9.17) is 0 Å². The lowest BCUT2D eigenvalue weighted by atomic mass is 10.3. The molecule has 0 radical (unpaired) electrons. The Morgan fingerprint density at radius 1 is 1.05 bits per heavy atom. The maximum absolute atomic E-state index is 13.2. The quantitative estimate of drug-likeness (QED) is 0.838. The van der Waals surface area contributed by atoms with Crippen molar-refractivity contribution in [1.29, 1.82) is 0 Å².